The largest absolute Gasteiger partial charge is 0.339 e. The summed E-state index contributed by atoms with van der Waals surface area (Å²) in [6, 6.07) is 0.558. The van der Waals surface area contributed by atoms with Gasteiger partial charge in [-0.1, -0.05) is 12.8 Å². The first-order valence-electron chi connectivity index (χ1n) is 5.82. The van der Waals surface area contributed by atoms with Crippen LogP contribution in [0.3, 0.4) is 0 Å². The predicted octanol–water partition coefficient (Wildman–Crippen LogP) is 1.13. The number of fused-ring (bicyclic) bond motifs is 1. The Morgan fingerprint density at radius 1 is 1.29 bits per heavy atom. The molecule has 2 N–H and O–H groups in total. The number of nitrogens with two attached hydrogens (primary N) is 1. The number of carbonyl (C=O) groups excluding carboxylic acids is 1. The van der Waals surface area contributed by atoms with Crippen LogP contribution in [0.5, 0.6) is 0 Å². The first-order chi connectivity index (χ1) is 6.83. The maximum atomic E-state index is 11.7. The molecule has 0 bridgehead atoms. The van der Waals surface area contributed by atoms with Crippen LogP contribution in [0.25, 0.3) is 0 Å². The summed E-state index contributed by atoms with van der Waals surface area (Å²) in [5, 5.41) is 0. The lowest BCUT2D eigenvalue weighted by molar-refractivity contribution is -0.132. The van der Waals surface area contributed by atoms with E-state index in [0.29, 0.717) is 19.0 Å². The van der Waals surface area contributed by atoms with E-state index in [1.165, 1.54) is 32.1 Å². The van der Waals surface area contributed by atoms with Crippen LogP contribution in [0, 0.1) is 5.92 Å². The van der Waals surface area contributed by atoms with Crippen molar-refractivity contribution in [1.82, 2.24) is 4.90 Å². The van der Waals surface area contributed by atoms with E-state index in [1.807, 2.05) is 0 Å². The van der Waals surface area contributed by atoms with Crippen molar-refractivity contribution in [3.05, 3.63) is 0 Å². The zero-order chi connectivity index (χ0) is 9.97. The van der Waals surface area contributed by atoms with Crippen LogP contribution in [-0.4, -0.2) is 29.9 Å². The average Bonchev–Trinajstić information content (AvgIpc) is 2.61. The summed E-state index contributed by atoms with van der Waals surface area (Å²) in [6.45, 7) is 1.47. The number of likely N-dealkylation sites (tertiary alicyclic amines) is 1. The smallest absolute Gasteiger partial charge is 0.224 e. The number of hydrogen-bond donors (Lipinski definition) is 1. The van der Waals surface area contributed by atoms with Gasteiger partial charge in [0.2, 0.25) is 5.91 Å². The van der Waals surface area contributed by atoms with Gasteiger partial charge in [-0.3, -0.25) is 4.79 Å². The molecule has 1 saturated carbocycles. The minimum atomic E-state index is 0.280. The molecule has 2 atom stereocenters. The second kappa shape index (κ2) is 4.30. The van der Waals surface area contributed by atoms with E-state index in [-0.39, 0.29) is 5.91 Å². The Balaban J connectivity index is 1.96. The highest BCUT2D eigenvalue weighted by Crippen LogP contribution is 2.36. The molecule has 1 amide bonds. The number of amides is 1. The highest BCUT2D eigenvalue weighted by molar-refractivity contribution is 5.77. The molecule has 0 radical (unpaired) electrons. The van der Waals surface area contributed by atoms with Gasteiger partial charge in [0, 0.05) is 25.6 Å². The second-order valence-electron chi connectivity index (χ2n) is 4.53. The average molecular weight is 196 g/mol. The zero-order valence-corrected chi connectivity index (χ0v) is 8.74. The summed E-state index contributed by atoms with van der Waals surface area (Å²) < 4.78 is 0. The molecule has 80 valence electrons. The number of carbonyl (C=O) groups is 1. The van der Waals surface area contributed by atoms with E-state index in [4.69, 9.17) is 5.73 Å². The lowest BCUT2D eigenvalue weighted by atomic mass is 9.85. The molecule has 2 fully saturated rings. The molecule has 3 nitrogen and oxygen atoms in total. The molecule has 2 aliphatic rings. The Morgan fingerprint density at radius 2 is 2.07 bits per heavy atom. The fourth-order valence-electron chi connectivity index (χ4n) is 2.98. The van der Waals surface area contributed by atoms with Crippen molar-refractivity contribution >= 4 is 5.91 Å². The minimum absolute atomic E-state index is 0.280. The quantitative estimate of drug-likeness (QED) is 0.719. The summed E-state index contributed by atoms with van der Waals surface area (Å²) in [5.41, 5.74) is 5.42. The molecule has 1 heterocycles. The van der Waals surface area contributed by atoms with Crippen LogP contribution < -0.4 is 5.73 Å². The van der Waals surface area contributed by atoms with Crippen LogP contribution in [0.15, 0.2) is 0 Å². The van der Waals surface area contributed by atoms with Crippen molar-refractivity contribution in [3.63, 3.8) is 0 Å². The minimum Gasteiger partial charge on any atom is -0.339 e. The molecule has 1 saturated heterocycles. The fraction of sp³-hybridized carbons (Fsp3) is 0.909. The Kier molecular flexibility index (Phi) is 3.06. The van der Waals surface area contributed by atoms with E-state index in [0.717, 1.165) is 12.5 Å². The molecule has 1 aliphatic carbocycles. The van der Waals surface area contributed by atoms with E-state index in [2.05, 4.69) is 4.90 Å². The van der Waals surface area contributed by atoms with Gasteiger partial charge in [0.05, 0.1) is 0 Å². The van der Waals surface area contributed by atoms with Gasteiger partial charge in [-0.25, -0.2) is 0 Å². The lowest BCUT2D eigenvalue weighted by Crippen LogP contribution is -2.39. The van der Waals surface area contributed by atoms with Gasteiger partial charge in [0.1, 0.15) is 0 Å². The van der Waals surface area contributed by atoms with Gasteiger partial charge in [-0.2, -0.15) is 0 Å². The van der Waals surface area contributed by atoms with E-state index in [1.54, 1.807) is 0 Å². The van der Waals surface area contributed by atoms with Gasteiger partial charge in [0.25, 0.3) is 0 Å². The third-order valence-corrected chi connectivity index (χ3v) is 3.69. The number of hydrogen-bond acceptors (Lipinski definition) is 2. The highest BCUT2D eigenvalue weighted by Gasteiger charge is 2.37. The first-order valence-corrected chi connectivity index (χ1v) is 5.82. The topological polar surface area (TPSA) is 46.3 Å². The molecule has 0 aromatic rings. The third-order valence-electron chi connectivity index (χ3n) is 3.69. The van der Waals surface area contributed by atoms with E-state index in [9.17, 15) is 4.79 Å². The summed E-state index contributed by atoms with van der Waals surface area (Å²) in [4.78, 5) is 13.8. The van der Waals surface area contributed by atoms with Crippen molar-refractivity contribution in [2.45, 2.75) is 44.6 Å². The predicted molar refractivity (Wildman–Crippen MR) is 55.7 cm³/mol. The Bertz CT molecular complexity index is 217. The lowest BCUT2D eigenvalue weighted by Gasteiger charge is -2.31. The molecule has 2 rings (SSSR count). The van der Waals surface area contributed by atoms with E-state index >= 15 is 0 Å². The fourth-order valence-corrected chi connectivity index (χ4v) is 2.98. The Morgan fingerprint density at radius 3 is 2.86 bits per heavy atom. The molecule has 3 heteroatoms. The molecule has 14 heavy (non-hydrogen) atoms. The summed E-state index contributed by atoms with van der Waals surface area (Å²) in [7, 11) is 0. The van der Waals surface area contributed by atoms with Crippen LogP contribution in [0.4, 0.5) is 0 Å². The van der Waals surface area contributed by atoms with Gasteiger partial charge in [-0.05, 0) is 25.2 Å². The first kappa shape index (κ1) is 9.97. The van der Waals surface area contributed by atoms with Gasteiger partial charge < -0.3 is 10.6 Å². The summed E-state index contributed by atoms with van der Waals surface area (Å²) >= 11 is 0. The highest BCUT2D eigenvalue weighted by atomic mass is 16.2. The van der Waals surface area contributed by atoms with Crippen molar-refractivity contribution in [2.24, 2.45) is 11.7 Å². The SMILES string of the molecule is NCCC(=O)N1CCC2CCCCC21. The Labute approximate surface area is 85.6 Å². The molecular formula is C11H20N2O. The normalized spacial score (nSPS) is 31.6. The van der Waals surface area contributed by atoms with Gasteiger partial charge in [0.15, 0.2) is 0 Å². The third kappa shape index (κ3) is 1.78. The van der Waals surface area contributed by atoms with E-state index < -0.39 is 0 Å². The second-order valence-corrected chi connectivity index (χ2v) is 4.53. The summed E-state index contributed by atoms with van der Waals surface area (Å²) in [5.74, 6) is 1.08. The van der Waals surface area contributed by atoms with Crippen molar-refractivity contribution in [3.8, 4) is 0 Å². The van der Waals surface area contributed by atoms with Crippen molar-refractivity contribution in [1.29, 1.82) is 0 Å². The molecule has 2 unspecified atom stereocenters. The molecule has 0 aromatic carbocycles. The molecule has 0 spiro atoms. The number of nitrogens with zero attached hydrogens (tertiary/aromatic N) is 1. The number of rotatable bonds is 2. The standard InChI is InChI=1S/C11H20N2O/c12-7-5-11(14)13-8-6-9-3-1-2-4-10(9)13/h9-10H,1-8,12H2. The van der Waals surface area contributed by atoms with Crippen LogP contribution >= 0.6 is 0 Å². The van der Waals surface area contributed by atoms with Gasteiger partial charge in [-0.15, -0.1) is 0 Å². The zero-order valence-electron chi connectivity index (χ0n) is 8.74. The Hall–Kier alpha value is -0.570. The van der Waals surface area contributed by atoms with Crippen LogP contribution in [0.1, 0.15) is 38.5 Å². The van der Waals surface area contributed by atoms with Gasteiger partial charge >= 0.3 is 0 Å². The monoisotopic (exact) mass is 196 g/mol. The maximum absolute atomic E-state index is 11.7. The molecule has 1 aliphatic heterocycles. The maximum Gasteiger partial charge on any atom is 0.224 e. The van der Waals surface area contributed by atoms with Crippen molar-refractivity contribution < 1.29 is 4.79 Å². The summed E-state index contributed by atoms with van der Waals surface area (Å²) in [6.07, 6.45) is 6.97. The molecule has 0 aromatic heterocycles. The van der Waals surface area contributed by atoms with Crippen LogP contribution in [0.2, 0.25) is 0 Å². The molecular weight excluding hydrogens is 176 g/mol. The van der Waals surface area contributed by atoms with Crippen LogP contribution in [-0.2, 0) is 4.79 Å². The van der Waals surface area contributed by atoms with Crippen molar-refractivity contribution in [2.75, 3.05) is 13.1 Å².